The van der Waals surface area contributed by atoms with Gasteiger partial charge in [-0.15, -0.1) is 0 Å². The molecule has 174 valence electrons. The summed E-state index contributed by atoms with van der Waals surface area (Å²) in [4.78, 5) is 15.8. The number of nitrogen functional groups attached to an aromatic ring is 1. The number of rotatable bonds is 12. The van der Waals surface area contributed by atoms with Crippen molar-refractivity contribution in [2.75, 3.05) is 18.9 Å². The molecular formula is C23H33N5O4. The fourth-order valence-electron chi connectivity index (χ4n) is 4.06. The number of hydrogen-bond donors (Lipinski definition) is 1. The molecule has 0 aromatic carbocycles. The van der Waals surface area contributed by atoms with Gasteiger partial charge in [0.05, 0.1) is 18.4 Å². The van der Waals surface area contributed by atoms with Gasteiger partial charge >= 0.3 is 6.16 Å². The van der Waals surface area contributed by atoms with Gasteiger partial charge in [-0.2, -0.15) is 10.4 Å². The average Bonchev–Trinajstić information content (AvgIpc) is 3.42. The van der Waals surface area contributed by atoms with Crippen LogP contribution in [0.4, 0.5) is 10.6 Å². The van der Waals surface area contributed by atoms with Crippen molar-refractivity contribution in [3.05, 3.63) is 24.2 Å². The third kappa shape index (κ3) is 5.88. The lowest BCUT2D eigenvalue weighted by atomic mass is 9.98. The number of carbonyl (C=O) groups excluding carboxylic acids is 1. The van der Waals surface area contributed by atoms with Gasteiger partial charge in [0.15, 0.2) is 11.4 Å². The Kier molecular flexibility index (Phi) is 8.68. The lowest BCUT2D eigenvalue weighted by Gasteiger charge is -2.21. The van der Waals surface area contributed by atoms with E-state index in [-0.39, 0.29) is 6.61 Å². The first-order valence-corrected chi connectivity index (χ1v) is 11.6. The van der Waals surface area contributed by atoms with E-state index in [1.807, 2.05) is 0 Å². The predicted molar refractivity (Wildman–Crippen MR) is 119 cm³/mol. The molecule has 0 unspecified atom stereocenters. The second kappa shape index (κ2) is 11.7. The van der Waals surface area contributed by atoms with Crippen LogP contribution in [0.2, 0.25) is 0 Å². The first-order chi connectivity index (χ1) is 15.6. The minimum Gasteiger partial charge on any atom is -0.434 e. The number of hydrogen-bond acceptors (Lipinski definition) is 8. The first-order valence-electron chi connectivity index (χ1n) is 11.6. The summed E-state index contributed by atoms with van der Waals surface area (Å²) in [5.41, 5.74) is 5.91. The Balaban J connectivity index is 1.38. The Hall–Kier alpha value is -2.86. The molecule has 0 bridgehead atoms. The highest BCUT2D eigenvalue weighted by molar-refractivity contribution is 5.66. The topological polar surface area (TPSA) is 125 Å². The van der Waals surface area contributed by atoms with Gasteiger partial charge in [0, 0.05) is 0 Å². The first kappa shape index (κ1) is 23.8. The van der Waals surface area contributed by atoms with E-state index < -0.39 is 17.9 Å². The third-order valence-corrected chi connectivity index (χ3v) is 5.87. The number of carbonyl (C=O) groups is 1. The van der Waals surface area contributed by atoms with Gasteiger partial charge in [-0.25, -0.2) is 14.3 Å². The second-order valence-electron chi connectivity index (χ2n) is 8.26. The minimum atomic E-state index is -1.18. The van der Waals surface area contributed by atoms with Gasteiger partial charge in [-0.1, -0.05) is 51.9 Å². The number of ether oxygens (including phenoxy) is 3. The van der Waals surface area contributed by atoms with Crippen molar-refractivity contribution >= 4 is 17.5 Å². The van der Waals surface area contributed by atoms with Crippen LogP contribution in [0, 0.1) is 11.3 Å². The van der Waals surface area contributed by atoms with E-state index in [1.54, 1.807) is 16.6 Å². The van der Waals surface area contributed by atoms with Crippen LogP contribution in [-0.4, -0.2) is 40.1 Å². The summed E-state index contributed by atoms with van der Waals surface area (Å²) in [5, 5.41) is 14.1. The molecule has 9 nitrogen and oxygen atoms in total. The van der Waals surface area contributed by atoms with Gasteiger partial charge in [-0.05, 0) is 31.4 Å². The zero-order valence-electron chi connectivity index (χ0n) is 18.8. The second-order valence-corrected chi connectivity index (χ2v) is 8.26. The van der Waals surface area contributed by atoms with Crippen LogP contribution in [0.5, 0.6) is 0 Å². The van der Waals surface area contributed by atoms with Crippen molar-refractivity contribution in [2.45, 2.75) is 82.8 Å². The lowest BCUT2D eigenvalue weighted by molar-refractivity contribution is -0.0463. The van der Waals surface area contributed by atoms with Crippen LogP contribution >= 0.6 is 0 Å². The summed E-state index contributed by atoms with van der Waals surface area (Å²) in [6.07, 6.45) is 10.7. The van der Waals surface area contributed by atoms with Gasteiger partial charge in [0.1, 0.15) is 24.5 Å². The molecule has 0 spiro atoms. The summed E-state index contributed by atoms with van der Waals surface area (Å²) in [6, 6.07) is 5.79. The highest BCUT2D eigenvalue weighted by atomic mass is 16.7. The smallest absolute Gasteiger partial charge is 0.434 e. The molecule has 0 saturated carbocycles. The number of nitriles is 1. The summed E-state index contributed by atoms with van der Waals surface area (Å²) >= 11 is 0. The summed E-state index contributed by atoms with van der Waals surface area (Å²) in [5.74, 6) is 0.330. The molecule has 2 aromatic heterocycles. The summed E-state index contributed by atoms with van der Waals surface area (Å²) < 4.78 is 18.0. The molecule has 32 heavy (non-hydrogen) atoms. The van der Waals surface area contributed by atoms with Crippen LogP contribution in [0.15, 0.2) is 18.5 Å². The standard InChI is InChI=1S/C23H33N5O4/c1-2-3-4-5-6-7-8-9-14-30-22(29)31-15-18-12-13-23(16-24,32-18)20-11-10-19-21(25)26-17-27-28(19)20/h10-11,17-18H,2-9,12-15H2,1H3,(H2,25,26,27)/t18-,23-/m0/s1. The molecule has 2 N–H and O–H groups in total. The average molecular weight is 444 g/mol. The van der Waals surface area contributed by atoms with Crippen LogP contribution in [0.25, 0.3) is 5.52 Å². The van der Waals surface area contributed by atoms with E-state index >= 15 is 0 Å². The number of fused-ring (bicyclic) bond motifs is 1. The van der Waals surface area contributed by atoms with Crippen molar-refractivity contribution in [3.8, 4) is 6.07 Å². The van der Waals surface area contributed by atoms with Crippen LogP contribution in [-0.2, 0) is 19.8 Å². The van der Waals surface area contributed by atoms with Gasteiger partial charge < -0.3 is 19.9 Å². The van der Waals surface area contributed by atoms with Crippen molar-refractivity contribution < 1.29 is 19.0 Å². The van der Waals surface area contributed by atoms with Crippen LogP contribution in [0.3, 0.4) is 0 Å². The van der Waals surface area contributed by atoms with Crippen molar-refractivity contribution in [1.29, 1.82) is 5.26 Å². The summed E-state index contributed by atoms with van der Waals surface area (Å²) in [7, 11) is 0. The Labute approximate surface area is 188 Å². The van der Waals surface area contributed by atoms with E-state index in [0.29, 0.717) is 36.5 Å². The monoisotopic (exact) mass is 443 g/mol. The molecule has 0 amide bonds. The molecule has 1 saturated heterocycles. The number of nitrogens with zero attached hydrogens (tertiary/aromatic N) is 4. The number of nitrogens with two attached hydrogens (primary N) is 1. The SMILES string of the molecule is CCCCCCCCCCOC(=O)OC[C@@H]1CC[C@](C#N)(c2ccc3c(N)ncnn23)O1. The molecule has 2 atom stereocenters. The Bertz CT molecular complexity index is 925. The molecule has 1 fully saturated rings. The maximum atomic E-state index is 11.9. The molecule has 9 heteroatoms. The molecular weight excluding hydrogens is 410 g/mol. The highest BCUT2D eigenvalue weighted by Gasteiger charge is 2.45. The highest BCUT2D eigenvalue weighted by Crippen LogP contribution is 2.39. The minimum absolute atomic E-state index is 0.0418. The van der Waals surface area contributed by atoms with E-state index in [0.717, 1.165) is 12.8 Å². The molecule has 1 aliphatic heterocycles. The molecule has 0 aliphatic carbocycles. The number of anilines is 1. The zero-order chi connectivity index (χ0) is 22.8. The van der Waals surface area contributed by atoms with Crippen molar-refractivity contribution in [3.63, 3.8) is 0 Å². The van der Waals surface area contributed by atoms with Gasteiger partial charge in [0.2, 0.25) is 0 Å². The van der Waals surface area contributed by atoms with E-state index in [9.17, 15) is 10.1 Å². The van der Waals surface area contributed by atoms with Crippen molar-refractivity contribution in [2.24, 2.45) is 0 Å². The maximum Gasteiger partial charge on any atom is 0.508 e. The molecule has 0 radical (unpaired) electrons. The van der Waals surface area contributed by atoms with Gasteiger partial charge in [-0.3, -0.25) is 0 Å². The Morgan fingerprint density at radius 2 is 2.00 bits per heavy atom. The number of aromatic nitrogens is 3. The Morgan fingerprint density at radius 1 is 1.25 bits per heavy atom. The molecule has 3 rings (SSSR count). The quantitative estimate of drug-likeness (QED) is 0.375. The predicted octanol–water partition coefficient (Wildman–Crippen LogP) is 4.50. The van der Waals surface area contributed by atoms with Crippen LogP contribution in [0.1, 0.15) is 76.8 Å². The van der Waals surface area contributed by atoms with E-state index in [2.05, 4.69) is 23.1 Å². The zero-order valence-corrected chi connectivity index (χ0v) is 18.8. The molecule has 2 aromatic rings. The summed E-state index contributed by atoms with van der Waals surface area (Å²) in [6.45, 7) is 2.62. The number of unbranched alkanes of at least 4 members (excludes halogenated alkanes) is 7. The Morgan fingerprint density at radius 3 is 2.75 bits per heavy atom. The van der Waals surface area contributed by atoms with Gasteiger partial charge in [0.25, 0.3) is 0 Å². The normalized spacial score (nSPS) is 20.3. The fraction of sp³-hybridized carbons (Fsp3) is 0.652. The maximum absolute atomic E-state index is 11.9. The lowest BCUT2D eigenvalue weighted by Crippen LogP contribution is -2.29. The fourth-order valence-corrected chi connectivity index (χ4v) is 4.06. The van der Waals surface area contributed by atoms with Crippen molar-refractivity contribution in [1.82, 2.24) is 14.6 Å². The van der Waals surface area contributed by atoms with E-state index in [4.69, 9.17) is 19.9 Å². The molecule has 1 aliphatic rings. The largest absolute Gasteiger partial charge is 0.508 e. The van der Waals surface area contributed by atoms with E-state index in [1.165, 1.54) is 44.9 Å². The van der Waals surface area contributed by atoms with Crippen LogP contribution < -0.4 is 5.73 Å². The molecule has 3 heterocycles. The third-order valence-electron chi connectivity index (χ3n) is 5.87.